The normalized spacial score (nSPS) is 38.1. The van der Waals surface area contributed by atoms with Gasteiger partial charge in [0.1, 0.15) is 6.04 Å². The molecular weight excluding hydrogens is 140 g/mol. The molecule has 11 heavy (non-hydrogen) atoms. The second kappa shape index (κ2) is 3.60. The van der Waals surface area contributed by atoms with Crippen LogP contribution in [0.4, 0.5) is 0 Å². The van der Waals surface area contributed by atoms with E-state index >= 15 is 0 Å². The number of nitroso groups, excluding NO2 is 1. The van der Waals surface area contributed by atoms with Gasteiger partial charge in [0.15, 0.2) is 0 Å². The van der Waals surface area contributed by atoms with Gasteiger partial charge in [-0.2, -0.15) is 4.91 Å². The van der Waals surface area contributed by atoms with E-state index in [1.165, 1.54) is 0 Å². The topological polar surface area (TPSA) is 41.8 Å². The van der Waals surface area contributed by atoms with Crippen LogP contribution in [0.1, 0.15) is 26.2 Å². The van der Waals surface area contributed by atoms with Gasteiger partial charge in [0.2, 0.25) is 0 Å². The summed E-state index contributed by atoms with van der Waals surface area (Å²) in [4.78, 5) is 14.2. The summed E-state index contributed by atoms with van der Waals surface area (Å²) >= 11 is 0. The Kier molecular flexibility index (Phi) is 2.74. The molecule has 0 aromatic heterocycles. The number of nitrogens with zero attached hydrogens (tertiary/aromatic N) is 2. The number of aliphatic imine (C=N–C) groups is 1. The molecule has 3 atom stereocenters. The van der Waals surface area contributed by atoms with Gasteiger partial charge in [-0.3, -0.25) is 4.99 Å². The average Bonchev–Trinajstić information content (AvgIpc) is 2.04. The molecule has 3 heteroatoms. The molecule has 3 nitrogen and oxygen atoms in total. The zero-order chi connectivity index (χ0) is 8.27. The Labute approximate surface area is 66.9 Å². The van der Waals surface area contributed by atoms with Gasteiger partial charge in [0, 0.05) is 0 Å². The minimum absolute atomic E-state index is 0.0868. The van der Waals surface area contributed by atoms with Gasteiger partial charge in [-0.15, -0.1) is 0 Å². The van der Waals surface area contributed by atoms with Crippen molar-refractivity contribution < 1.29 is 0 Å². The van der Waals surface area contributed by atoms with Crippen molar-refractivity contribution in [2.24, 2.45) is 16.1 Å². The molecule has 62 valence electrons. The summed E-state index contributed by atoms with van der Waals surface area (Å²) in [5, 5.41) is 3.07. The highest BCUT2D eigenvalue weighted by molar-refractivity contribution is 5.24. The van der Waals surface area contributed by atoms with Gasteiger partial charge >= 0.3 is 0 Å². The van der Waals surface area contributed by atoms with Crippen molar-refractivity contribution >= 4 is 6.72 Å². The van der Waals surface area contributed by atoms with E-state index in [0.29, 0.717) is 5.92 Å². The Morgan fingerprint density at radius 1 is 1.36 bits per heavy atom. The predicted octanol–water partition coefficient (Wildman–Crippen LogP) is 2.01. The van der Waals surface area contributed by atoms with E-state index in [1.54, 1.807) is 0 Å². The Balaban J connectivity index is 2.54. The molecule has 0 N–H and O–H groups in total. The van der Waals surface area contributed by atoms with Gasteiger partial charge in [0.05, 0.1) is 6.04 Å². The Morgan fingerprint density at radius 3 is 2.64 bits per heavy atom. The number of hydrogen-bond donors (Lipinski definition) is 0. The second-order valence-corrected chi connectivity index (χ2v) is 3.34. The molecule has 1 aliphatic rings. The van der Waals surface area contributed by atoms with Crippen LogP contribution in [-0.2, 0) is 0 Å². The molecule has 0 bridgehead atoms. The van der Waals surface area contributed by atoms with Crippen LogP contribution >= 0.6 is 0 Å². The molecule has 0 aromatic carbocycles. The van der Waals surface area contributed by atoms with E-state index < -0.39 is 0 Å². The molecule has 1 fully saturated rings. The van der Waals surface area contributed by atoms with E-state index in [4.69, 9.17) is 0 Å². The number of rotatable bonds is 2. The fourth-order valence-corrected chi connectivity index (χ4v) is 1.66. The molecule has 3 unspecified atom stereocenters. The molecule has 1 rings (SSSR count). The Morgan fingerprint density at radius 2 is 2.09 bits per heavy atom. The standard InChI is InChI=1S/C8H14N2O/c1-6-3-4-7(9-2)8(5-6)10-11/h6-8H,2-5H2,1H3. The van der Waals surface area contributed by atoms with Crippen LogP contribution in [0, 0.1) is 10.8 Å². The SMILES string of the molecule is C=NC1CCC(C)CC1N=O. The van der Waals surface area contributed by atoms with Crippen molar-refractivity contribution in [1.82, 2.24) is 0 Å². The van der Waals surface area contributed by atoms with Crippen molar-refractivity contribution in [2.45, 2.75) is 38.3 Å². The van der Waals surface area contributed by atoms with E-state index in [1.807, 2.05) is 0 Å². The smallest absolute Gasteiger partial charge is 0.114 e. The highest BCUT2D eigenvalue weighted by atomic mass is 16.3. The summed E-state index contributed by atoms with van der Waals surface area (Å²) in [5.41, 5.74) is 0. The van der Waals surface area contributed by atoms with Crippen molar-refractivity contribution in [1.29, 1.82) is 0 Å². The van der Waals surface area contributed by atoms with E-state index in [-0.39, 0.29) is 12.1 Å². The maximum atomic E-state index is 10.3. The molecule has 0 heterocycles. The summed E-state index contributed by atoms with van der Waals surface area (Å²) in [5.74, 6) is 0.621. The van der Waals surface area contributed by atoms with Crippen LogP contribution in [0.15, 0.2) is 10.2 Å². The lowest BCUT2D eigenvalue weighted by atomic mass is 9.84. The first kappa shape index (κ1) is 8.37. The van der Waals surface area contributed by atoms with Crippen molar-refractivity contribution in [2.75, 3.05) is 0 Å². The van der Waals surface area contributed by atoms with Gasteiger partial charge < -0.3 is 0 Å². The molecule has 1 saturated carbocycles. The lowest BCUT2D eigenvalue weighted by Gasteiger charge is -2.27. The monoisotopic (exact) mass is 154 g/mol. The third kappa shape index (κ3) is 1.85. The first-order valence-electron chi connectivity index (χ1n) is 4.06. The molecular formula is C8H14N2O. The highest BCUT2D eigenvalue weighted by Gasteiger charge is 2.28. The molecule has 0 saturated heterocycles. The highest BCUT2D eigenvalue weighted by Crippen LogP contribution is 2.27. The molecule has 0 spiro atoms. The van der Waals surface area contributed by atoms with Crippen LogP contribution in [0.2, 0.25) is 0 Å². The fraction of sp³-hybridized carbons (Fsp3) is 0.875. The quantitative estimate of drug-likeness (QED) is 0.443. The summed E-state index contributed by atoms with van der Waals surface area (Å²) < 4.78 is 0. The molecule has 0 radical (unpaired) electrons. The zero-order valence-electron chi connectivity index (χ0n) is 6.86. The second-order valence-electron chi connectivity index (χ2n) is 3.34. The van der Waals surface area contributed by atoms with Gasteiger partial charge in [-0.25, -0.2) is 0 Å². The van der Waals surface area contributed by atoms with Crippen LogP contribution in [0.25, 0.3) is 0 Å². The van der Waals surface area contributed by atoms with Crippen LogP contribution in [0.3, 0.4) is 0 Å². The first-order chi connectivity index (χ1) is 5.27. The van der Waals surface area contributed by atoms with Crippen molar-refractivity contribution in [3.05, 3.63) is 4.91 Å². The summed E-state index contributed by atoms with van der Waals surface area (Å²) in [6, 6.07) is -0.0278. The maximum absolute atomic E-state index is 10.3. The lowest BCUT2D eigenvalue weighted by molar-refractivity contribution is 0.309. The third-order valence-corrected chi connectivity index (χ3v) is 2.41. The zero-order valence-corrected chi connectivity index (χ0v) is 6.86. The van der Waals surface area contributed by atoms with Gasteiger partial charge in [-0.1, -0.05) is 12.1 Å². The maximum Gasteiger partial charge on any atom is 0.114 e. The predicted molar refractivity (Wildman–Crippen MR) is 45.9 cm³/mol. The minimum atomic E-state index is -0.115. The van der Waals surface area contributed by atoms with Crippen LogP contribution < -0.4 is 0 Å². The van der Waals surface area contributed by atoms with Crippen LogP contribution in [0.5, 0.6) is 0 Å². The van der Waals surface area contributed by atoms with Crippen molar-refractivity contribution in [3.63, 3.8) is 0 Å². The molecule has 0 aromatic rings. The molecule has 0 aliphatic heterocycles. The van der Waals surface area contributed by atoms with E-state index in [2.05, 4.69) is 23.8 Å². The van der Waals surface area contributed by atoms with Gasteiger partial charge in [-0.05, 0) is 31.9 Å². The summed E-state index contributed by atoms with van der Waals surface area (Å²) in [7, 11) is 0. The lowest BCUT2D eigenvalue weighted by Crippen LogP contribution is -2.29. The minimum Gasteiger partial charge on any atom is -0.295 e. The molecule has 1 aliphatic carbocycles. The fourth-order valence-electron chi connectivity index (χ4n) is 1.66. The number of hydrogen-bond acceptors (Lipinski definition) is 3. The first-order valence-corrected chi connectivity index (χ1v) is 4.06. The largest absolute Gasteiger partial charge is 0.295 e. The Bertz CT molecular complexity index is 158. The Hall–Kier alpha value is -0.730. The molecule has 0 amide bonds. The third-order valence-electron chi connectivity index (χ3n) is 2.41. The van der Waals surface area contributed by atoms with E-state index in [9.17, 15) is 4.91 Å². The summed E-state index contributed by atoms with van der Waals surface area (Å²) in [6.07, 6.45) is 3.00. The van der Waals surface area contributed by atoms with Crippen molar-refractivity contribution in [3.8, 4) is 0 Å². The average molecular weight is 154 g/mol. The van der Waals surface area contributed by atoms with E-state index in [0.717, 1.165) is 19.3 Å². The van der Waals surface area contributed by atoms with Crippen LogP contribution in [-0.4, -0.2) is 18.8 Å². The summed E-state index contributed by atoms with van der Waals surface area (Å²) in [6.45, 7) is 5.61. The van der Waals surface area contributed by atoms with Gasteiger partial charge in [0.25, 0.3) is 0 Å².